The van der Waals surface area contributed by atoms with Gasteiger partial charge in [0, 0.05) is 10.8 Å². The third-order valence-corrected chi connectivity index (χ3v) is 7.61. The molecule has 3 aliphatic carbocycles. The van der Waals surface area contributed by atoms with Crippen LogP contribution < -0.4 is 4.74 Å². The summed E-state index contributed by atoms with van der Waals surface area (Å²) in [6, 6.07) is 17.0. The number of hydrogen-bond acceptors (Lipinski definition) is 2. The van der Waals surface area contributed by atoms with Crippen molar-refractivity contribution in [3.8, 4) is 22.6 Å². The van der Waals surface area contributed by atoms with Crippen LogP contribution in [0, 0.1) is 11.8 Å². The quantitative estimate of drug-likeness (QED) is 0.577. The molecule has 27 heavy (non-hydrogen) atoms. The Morgan fingerprint density at radius 1 is 0.963 bits per heavy atom. The van der Waals surface area contributed by atoms with Gasteiger partial charge in [0.05, 0.1) is 7.11 Å². The fourth-order valence-electron chi connectivity index (χ4n) is 6.51. The lowest BCUT2D eigenvalue weighted by Crippen LogP contribution is -2.52. The van der Waals surface area contributed by atoms with E-state index in [1.807, 2.05) is 12.1 Å². The molecule has 2 fully saturated rings. The molecule has 2 heteroatoms. The zero-order valence-electron chi connectivity index (χ0n) is 15.7. The second-order valence-electron chi connectivity index (χ2n) is 8.60. The predicted molar refractivity (Wildman–Crippen MR) is 108 cm³/mol. The maximum atomic E-state index is 10.9. The highest BCUT2D eigenvalue weighted by Gasteiger charge is 2.59. The minimum Gasteiger partial charge on any atom is -0.507 e. The number of ether oxygens (including phenoxy) is 1. The van der Waals surface area contributed by atoms with Gasteiger partial charge >= 0.3 is 0 Å². The Morgan fingerprint density at radius 3 is 2.67 bits per heavy atom. The van der Waals surface area contributed by atoms with Gasteiger partial charge in [-0.15, -0.1) is 0 Å². The molecule has 3 atom stereocenters. The summed E-state index contributed by atoms with van der Waals surface area (Å²) in [6.07, 6.45) is 6.64. The van der Waals surface area contributed by atoms with E-state index in [4.69, 9.17) is 4.74 Å². The lowest BCUT2D eigenvalue weighted by molar-refractivity contribution is 0.0245. The number of rotatable bonds is 1. The maximum Gasteiger partial charge on any atom is 0.123 e. The number of fused-ring (bicyclic) bond motifs is 9. The van der Waals surface area contributed by atoms with Crippen molar-refractivity contribution < 1.29 is 9.84 Å². The summed E-state index contributed by atoms with van der Waals surface area (Å²) in [4.78, 5) is 0. The zero-order chi connectivity index (χ0) is 18.2. The van der Waals surface area contributed by atoms with E-state index in [-0.39, 0.29) is 5.41 Å². The van der Waals surface area contributed by atoms with E-state index in [1.54, 1.807) is 7.11 Å². The molecule has 0 bridgehead atoms. The monoisotopic (exact) mass is 356 g/mol. The van der Waals surface area contributed by atoms with Gasteiger partial charge in [0.25, 0.3) is 0 Å². The lowest BCUT2D eigenvalue weighted by atomic mass is 9.46. The molecular weight excluding hydrogens is 332 g/mol. The third kappa shape index (κ3) is 1.81. The molecule has 136 valence electrons. The molecule has 2 saturated carbocycles. The van der Waals surface area contributed by atoms with Crippen LogP contribution in [0.1, 0.15) is 43.2 Å². The van der Waals surface area contributed by atoms with Crippen LogP contribution in [0.3, 0.4) is 0 Å². The first-order valence-corrected chi connectivity index (χ1v) is 10.2. The maximum absolute atomic E-state index is 10.9. The summed E-state index contributed by atoms with van der Waals surface area (Å²) in [7, 11) is 1.71. The van der Waals surface area contributed by atoms with Crippen LogP contribution in [0.25, 0.3) is 21.9 Å². The summed E-state index contributed by atoms with van der Waals surface area (Å²) >= 11 is 0. The Kier molecular flexibility index (Phi) is 3.05. The molecular formula is C25H24O2. The van der Waals surface area contributed by atoms with E-state index in [9.17, 15) is 5.11 Å². The van der Waals surface area contributed by atoms with Crippen molar-refractivity contribution >= 4 is 10.8 Å². The number of benzene rings is 3. The fraction of sp³-hybridized carbons (Fsp3) is 0.360. The molecule has 3 aliphatic rings. The molecule has 3 aromatic carbocycles. The van der Waals surface area contributed by atoms with Crippen molar-refractivity contribution in [2.45, 2.75) is 37.5 Å². The zero-order valence-corrected chi connectivity index (χ0v) is 15.7. The minimum atomic E-state index is 0.103. The predicted octanol–water partition coefficient (Wildman–Crippen LogP) is 6.03. The molecule has 6 rings (SSSR count). The highest BCUT2D eigenvalue weighted by atomic mass is 16.5. The van der Waals surface area contributed by atoms with Gasteiger partial charge in [-0.25, -0.2) is 0 Å². The van der Waals surface area contributed by atoms with Crippen molar-refractivity contribution in [3.05, 3.63) is 59.7 Å². The van der Waals surface area contributed by atoms with Crippen molar-refractivity contribution in [3.63, 3.8) is 0 Å². The summed E-state index contributed by atoms with van der Waals surface area (Å²) in [5, 5.41) is 12.9. The van der Waals surface area contributed by atoms with Crippen molar-refractivity contribution in [1.29, 1.82) is 0 Å². The van der Waals surface area contributed by atoms with Crippen LogP contribution in [0.5, 0.6) is 11.5 Å². The van der Waals surface area contributed by atoms with Gasteiger partial charge in [0.1, 0.15) is 11.5 Å². The van der Waals surface area contributed by atoms with Gasteiger partial charge in [-0.2, -0.15) is 0 Å². The van der Waals surface area contributed by atoms with E-state index in [0.717, 1.165) is 28.4 Å². The van der Waals surface area contributed by atoms with Gasteiger partial charge in [-0.05, 0) is 76.6 Å². The molecule has 0 aliphatic heterocycles. The molecule has 1 N–H and O–H groups in total. The number of hydrogen-bond donors (Lipinski definition) is 1. The first kappa shape index (κ1) is 15.6. The standard InChI is InChI=1S/C25H24O2/c1-27-16-10-11-17-19(12-16)24-18-7-3-5-9-21(18)25(22(24)13-23(17)26)14-15-6-2-4-8-20(15)25/h3,5,7,9-13,15,20,26H,2,4,6,8,14H2,1H3. The van der Waals surface area contributed by atoms with Crippen LogP contribution in [-0.2, 0) is 5.41 Å². The summed E-state index contributed by atoms with van der Waals surface area (Å²) in [5.41, 5.74) is 5.62. The largest absolute Gasteiger partial charge is 0.507 e. The Balaban J connectivity index is 1.70. The van der Waals surface area contributed by atoms with Crippen LogP contribution in [0.2, 0.25) is 0 Å². The average Bonchev–Trinajstić information content (AvgIpc) is 2.99. The Hall–Kier alpha value is -2.48. The summed E-state index contributed by atoms with van der Waals surface area (Å²) < 4.78 is 5.51. The van der Waals surface area contributed by atoms with Crippen LogP contribution >= 0.6 is 0 Å². The first-order valence-electron chi connectivity index (χ1n) is 10.2. The number of aromatic hydroxyl groups is 1. The molecule has 0 saturated heterocycles. The molecule has 0 aromatic heterocycles. The van der Waals surface area contributed by atoms with Crippen LogP contribution in [-0.4, -0.2) is 12.2 Å². The Labute approximate surface area is 159 Å². The average molecular weight is 356 g/mol. The molecule has 1 spiro atoms. The highest BCUT2D eigenvalue weighted by Crippen LogP contribution is 2.68. The number of phenols is 1. The lowest BCUT2D eigenvalue weighted by Gasteiger charge is -2.57. The summed E-state index contributed by atoms with van der Waals surface area (Å²) in [6.45, 7) is 0. The summed E-state index contributed by atoms with van der Waals surface area (Å²) in [5.74, 6) is 2.81. The normalized spacial score (nSPS) is 27.7. The van der Waals surface area contributed by atoms with E-state index in [2.05, 4.69) is 36.4 Å². The first-order chi connectivity index (χ1) is 13.2. The van der Waals surface area contributed by atoms with E-state index >= 15 is 0 Å². The van der Waals surface area contributed by atoms with Gasteiger partial charge in [0.15, 0.2) is 0 Å². The molecule has 0 amide bonds. The van der Waals surface area contributed by atoms with Gasteiger partial charge < -0.3 is 9.84 Å². The van der Waals surface area contributed by atoms with Crippen LogP contribution in [0.4, 0.5) is 0 Å². The Bertz CT molecular complexity index is 1080. The minimum absolute atomic E-state index is 0.103. The van der Waals surface area contributed by atoms with Crippen molar-refractivity contribution in [1.82, 2.24) is 0 Å². The van der Waals surface area contributed by atoms with Gasteiger partial charge in [-0.1, -0.05) is 43.5 Å². The third-order valence-electron chi connectivity index (χ3n) is 7.61. The van der Waals surface area contributed by atoms with E-state index < -0.39 is 0 Å². The number of methoxy groups -OCH3 is 1. The van der Waals surface area contributed by atoms with Crippen molar-refractivity contribution in [2.24, 2.45) is 11.8 Å². The van der Waals surface area contributed by atoms with Crippen LogP contribution in [0.15, 0.2) is 48.5 Å². The van der Waals surface area contributed by atoms with Crippen molar-refractivity contribution in [2.75, 3.05) is 7.11 Å². The SMILES string of the molecule is COc1ccc2c(O)cc3c(c2c1)-c1ccccc1C31CC2CCCCC21. The molecule has 0 heterocycles. The fourth-order valence-corrected chi connectivity index (χ4v) is 6.51. The molecule has 2 nitrogen and oxygen atoms in total. The molecule has 0 radical (unpaired) electrons. The van der Waals surface area contributed by atoms with E-state index in [0.29, 0.717) is 5.75 Å². The Morgan fingerprint density at radius 2 is 1.81 bits per heavy atom. The van der Waals surface area contributed by atoms with E-state index in [1.165, 1.54) is 54.4 Å². The second kappa shape index (κ2) is 5.28. The smallest absolute Gasteiger partial charge is 0.123 e. The molecule has 3 aromatic rings. The van der Waals surface area contributed by atoms with Gasteiger partial charge in [0.2, 0.25) is 0 Å². The second-order valence-corrected chi connectivity index (χ2v) is 8.60. The highest BCUT2D eigenvalue weighted by molar-refractivity contribution is 6.06. The van der Waals surface area contributed by atoms with Gasteiger partial charge in [-0.3, -0.25) is 0 Å². The molecule has 3 unspecified atom stereocenters. The number of phenolic OH excluding ortho intramolecular Hbond substituents is 1. The topological polar surface area (TPSA) is 29.5 Å².